The first-order valence-electron chi connectivity index (χ1n) is 5.45. The minimum atomic E-state index is -1.06. The number of rotatable bonds is 3. The van der Waals surface area contributed by atoms with E-state index in [2.05, 4.69) is 5.32 Å². The maximum atomic E-state index is 11.2. The number of hydrogen-bond acceptors (Lipinski definition) is 4. The molecule has 0 aromatic carbocycles. The summed E-state index contributed by atoms with van der Waals surface area (Å²) in [6.45, 7) is 2.44. The van der Waals surface area contributed by atoms with E-state index in [4.69, 9.17) is 9.52 Å². The number of aromatic carboxylic acids is 1. The largest absolute Gasteiger partial charge is 0.475 e. The monoisotopic (exact) mass is 238 g/mol. The molecule has 6 nitrogen and oxygen atoms in total. The third-order valence-corrected chi connectivity index (χ3v) is 2.74. The molecule has 0 saturated carbocycles. The number of hydrogen-bond donors (Lipinski definition) is 2. The van der Waals surface area contributed by atoms with Crippen molar-refractivity contribution in [2.75, 3.05) is 19.6 Å². The van der Waals surface area contributed by atoms with E-state index in [0.29, 0.717) is 31.6 Å². The van der Waals surface area contributed by atoms with Gasteiger partial charge < -0.3 is 14.8 Å². The Morgan fingerprint density at radius 2 is 2.35 bits per heavy atom. The summed E-state index contributed by atoms with van der Waals surface area (Å²) in [6, 6.07) is 1.66. The molecule has 6 heteroatoms. The number of carbonyl (C=O) groups excluding carboxylic acids is 1. The van der Waals surface area contributed by atoms with Gasteiger partial charge in [-0.05, 0) is 6.07 Å². The van der Waals surface area contributed by atoms with Gasteiger partial charge >= 0.3 is 5.97 Å². The number of furan rings is 1. The van der Waals surface area contributed by atoms with E-state index < -0.39 is 5.97 Å². The number of nitrogens with zero attached hydrogens (tertiary/aromatic N) is 1. The highest BCUT2D eigenvalue weighted by Crippen LogP contribution is 2.14. The predicted molar refractivity (Wildman–Crippen MR) is 58.6 cm³/mol. The lowest BCUT2D eigenvalue weighted by Gasteiger charge is -2.17. The highest BCUT2D eigenvalue weighted by Gasteiger charge is 2.18. The fourth-order valence-electron chi connectivity index (χ4n) is 1.86. The van der Waals surface area contributed by atoms with Crippen molar-refractivity contribution >= 4 is 11.9 Å². The zero-order valence-corrected chi connectivity index (χ0v) is 9.31. The Balaban J connectivity index is 2.02. The van der Waals surface area contributed by atoms with E-state index in [1.54, 1.807) is 6.07 Å². The van der Waals surface area contributed by atoms with Crippen LogP contribution in [0.4, 0.5) is 0 Å². The van der Waals surface area contributed by atoms with Crippen LogP contribution in [0.3, 0.4) is 0 Å². The van der Waals surface area contributed by atoms with Gasteiger partial charge in [-0.1, -0.05) is 0 Å². The van der Waals surface area contributed by atoms with E-state index in [0.717, 1.165) is 6.54 Å². The SMILES string of the molecule is O=C1CCN(Cc2ccoc2C(=O)O)CCN1. The van der Waals surface area contributed by atoms with Gasteiger partial charge in [0.2, 0.25) is 11.7 Å². The van der Waals surface area contributed by atoms with Gasteiger partial charge in [-0.3, -0.25) is 9.69 Å². The summed E-state index contributed by atoms with van der Waals surface area (Å²) in [5.41, 5.74) is 0.645. The third kappa shape index (κ3) is 2.85. The number of carbonyl (C=O) groups is 2. The quantitative estimate of drug-likeness (QED) is 0.791. The minimum Gasteiger partial charge on any atom is -0.475 e. The van der Waals surface area contributed by atoms with Gasteiger partial charge in [-0.25, -0.2) is 4.79 Å². The second-order valence-electron chi connectivity index (χ2n) is 3.96. The first-order chi connectivity index (χ1) is 8.16. The fraction of sp³-hybridized carbons (Fsp3) is 0.455. The summed E-state index contributed by atoms with van der Waals surface area (Å²) in [5.74, 6) is -1.04. The average molecular weight is 238 g/mol. The van der Waals surface area contributed by atoms with Crippen molar-refractivity contribution in [3.63, 3.8) is 0 Å². The Morgan fingerprint density at radius 1 is 1.53 bits per heavy atom. The Labute approximate surface area is 98.2 Å². The summed E-state index contributed by atoms with van der Waals surface area (Å²) in [5, 5.41) is 11.7. The van der Waals surface area contributed by atoms with Crippen LogP contribution in [0.15, 0.2) is 16.7 Å². The van der Waals surface area contributed by atoms with Crippen molar-refractivity contribution in [3.8, 4) is 0 Å². The average Bonchev–Trinajstić information content (AvgIpc) is 2.64. The number of carboxylic acid groups (broad SMARTS) is 1. The number of amides is 1. The molecule has 0 bridgehead atoms. The van der Waals surface area contributed by atoms with E-state index in [1.807, 2.05) is 4.90 Å². The molecule has 1 amide bonds. The second kappa shape index (κ2) is 5.01. The van der Waals surface area contributed by atoms with Crippen molar-refractivity contribution in [2.24, 2.45) is 0 Å². The van der Waals surface area contributed by atoms with Gasteiger partial charge in [0.05, 0.1) is 6.26 Å². The number of nitrogens with one attached hydrogen (secondary N) is 1. The van der Waals surface area contributed by atoms with Gasteiger partial charge in [-0.15, -0.1) is 0 Å². The van der Waals surface area contributed by atoms with Crippen LogP contribution in [-0.2, 0) is 11.3 Å². The van der Waals surface area contributed by atoms with Gasteiger partial charge in [0.15, 0.2) is 0 Å². The molecule has 2 rings (SSSR count). The summed E-state index contributed by atoms with van der Waals surface area (Å²) in [7, 11) is 0. The highest BCUT2D eigenvalue weighted by molar-refractivity contribution is 5.86. The van der Waals surface area contributed by atoms with Crippen molar-refractivity contribution in [2.45, 2.75) is 13.0 Å². The maximum absolute atomic E-state index is 11.2. The van der Waals surface area contributed by atoms with Crippen LogP contribution in [0.5, 0.6) is 0 Å². The Hall–Kier alpha value is -1.82. The third-order valence-electron chi connectivity index (χ3n) is 2.74. The summed E-state index contributed by atoms with van der Waals surface area (Å²) in [6.07, 6.45) is 1.82. The molecule has 0 aliphatic carbocycles. The second-order valence-corrected chi connectivity index (χ2v) is 3.96. The van der Waals surface area contributed by atoms with Crippen LogP contribution < -0.4 is 5.32 Å². The first-order valence-corrected chi connectivity index (χ1v) is 5.45. The van der Waals surface area contributed by atoms with Crippen LogP contribution in [-0.4, -0.2) is 41.5 Å². The Bertz CT molecular complexity index is 427. The molecule has 2 N–H and O–H groups in total. The molecule has 0 unspecified atom stereocenters. The molecule has 2 heterocycles. The smallest absolute Gasteiger partial charge is 0.372 e. The lowest BCUT2D eigenvalue weighted by molar-refractivity contribution is -0.120. The fourth-order valence-corrected chi connectivity index (χ4v) is 1.86. The number of carboxylic acids is 1. The molecule has 92 valence electrons. The predicted octanol–water partition coefficient (Wildman–Crippen LogP) is 0.300. The first kappa shape index (κ1) is 11.7. The van der Waals surface area contributed by atoms with Crippen molar-refractivity contribution in [3.05, 3.63) is 23.7 Å². The van der Waals surface area contributed by atoms with E-state index in [1.165, 1.54) is 6.26 Å². The Kier molecular flexibility index (Phi) is 3.43. The summed E-state index contributed by atoms with van der Waals surface area (Å²) < 4.78 is 4.91. The minimum absolute atomic E-state index is 0.0199. The topological polar surface area (TPSA) is 82.8 Å². The van der Waals surface area contributed by atoms with Crippen LogP contribution in [0.25, 0.3) is 0 Å². The van der Waals surface area contributed by atoms with Gasteiger partial charge in [0.1, 0.15) is 0 Å². The normalized spacial score (nSPS) is 17.5. The lowest BCUT2D eigenvalue weighted by Crippen LogP contribution is -2.28. The molecular formula is C11H14N2O4. The standard InChI is InChI=1S/C11H14N2O4/c14-9-1-4-13(5-3-12-9)7-8-2-6-17-10(8)11(15)16/h2,6H,1,3-5,7H2,(H,12,14)(H,15,16). The van der Waals surface area contributed by atoms with Gasteiger partial charge in [0.25, 0.3) is 0 Å². The molecule has 0 radical (unpaired) electrons. The van der Waals surface area contributed by atoms with Gasteiger partial charge in [-0.2, -0.15) is 0 Å². The molecule has 17 heavy (non-hydrogen) atoms. The Morgan fingerprint density at radius 3 is 3.12 bits per heavy atom. The van der Waals surface area contributed by atoms with Crippen molar-refractivity contribution < 1.29 is 19.1 Å². The molecule has 1 aromatic heterocycles. The van der Waals surface area contributed by atoms with Crippen LogP contribution >= 0.6 is 0 Å². The highest BCUT2D eigenvalue weighted by atomic mass is 16.4. The summed E-state index contributed by atoms with van der Waals surface area (Å²) in [4.78, 5) is 24.1. The summed E-state index contributed by atoms with van der Waals surface area (Å²) >= 11 is 0. The van der Waals surface area contributed by atoms with Gasteiger partial charge in [0, 0.05) is 38.2 Å². The van der Waals surface area contributed by atoms with Crippen LogP contribution in [0, 0.1) is 0 Å². The van der Waals surface area contributed by atoms with E-state index >= 15 is 0 Å². The maximum Gasteiger partial charge on any atom is 0.372 e. The lowest BCUT2D eigenvalue weighted by atomic mass is 10.2. The zero-order valence-electron chi connectivity index (χ0n) is 9.31. The molecule has 0 atom stereocenters. The van der Waals surface area contributed by atoms with Crippen molar-refractivity contribution in [1.29, 1.82) is 0 Å². The molecule has 1 saturated heterocycles. The molecule has 1 fully saturated rings. The molecule has 1 aliphatic rings. The van der Waals surface area contributed by atoms with E-state index in [-0.39, 0.29) is 11.7 Å². The van der Waals surface area contributed by atoms with Crippen LogP contribution in [0.2, 0.25) is 0 Å². The molecular weight excluding hydrogens is 224 g/mol. The molecule has 0 spiro atoms. The molecule has 1 aromatic rings. The van der Waals surface area contributed by atoms with Crippen LogP contribution in [0.1, 0.15) is 22.5 Å². The molecule has 1 aliphatic heterocycles. The van der Waals surface area contributed by atoms with Crippen molar-refractivity contribution in [1.82, 2.24) is 10.2 Å². The van der Waals surface area contributed by atoms with E-state index in [9.17, 15) is 9.59 Å². The zero-order chi connectivity index (χ0) is 12.3.